The third-order valence-electron chi connectivity index (χ3n) is 5.40. The molecule has 0 aliphatic heterocycles. The first-order chi connectivity index (χ1) is 13.6. The number of phenols is 1. The molecule has 1 aromatic carbocycles. The summed E-state index contributed by atoms with van der Waals surface area (Å²) >= 11 is 0. The van der Waals surface area contributed by atoms with Crippen LogP contribution in [0.1, 0.15) is 69.9 Å². The fraction of sp³-hybridized carbons (Fsp3) is 0.545. The Morgan fingerprint density at radius 2 is 2.03 bits per heavy atom. The van der Waals surface area contributed by atoms with Crippen molar-refractivity contribution in [3.05, 3.63) is 47.1 Å². The quantitative estimate of drug-likeness (QED) is 0.196. The maximum atomic E-state index is 11.0. The lowest BCUT2D eigenvalue weighted by molar-refractivity contribution is 0.0815. The van der Waals surface area contributed by atoms with Crippen molar-refractivity contribution in [3.63, 3.8) is 0 Å². The molecule has 7 heteroatoms. The number of phenolic OH excluding ortho intramolecular Hbond substituents is 1. The molecule has 2 rings (SSSR count). The van der Waals surface area contributed by atoms with Crippen LogP contribution in [-0.2, 0) is 15.5 Å². The molecule has 0 bridgehead atoms. The average molecular weight is 424 g/mol. The number of allylic oxidation sites excluding steroid dienone is 3. The minimum atomic E-state index is -4.65. The third-order valence-corrected chi connectivity index (χ3v) is 5.84. The highest BCUT2D eigenvalue weighted by molar-refractivity contribution is 7.46. The van der Waals surface area contributed by atoms with Gasteiger partial charge in [-0.05, 0) is 63.1 Å². The Balaban J connectivity index is 2.42. The minimum Gasteiger partial charge on any atom is -0.507 e. The van der Waals surface area contributed by atoms with Crippen LogP contribution in [0, 0.1) is 5.92 Å². The number of phosphoric acid groups is 1. The maximum absolute atomic E-state index is 11.0. The summed E-state index contributed by atoms with van der Waals surface area (Å²) in [5.41, 5.74) is 3.80. The number of ether oxygens (including phenoxy) is 1. The van der Waals surface area contributed by atoms with Crippen molar-refractivity contribution in [1.82, 2.24) is 0 Å². The molecular weight excluding hydrogens is 391 g/mol. The molecule has 0 saturated carbocycles. The number of benzene rings is 1. The summed E-state index contributed by atoms with van der Waals surface area (Å²) in [5.74, 6) is 0.566. The van der Waals surface area contributed by atoms with E-state index in [2.05, 4.69) is 31.0 Å². The van der Waals surface area contributed by atoms with Crippen molar-refractivity contribution >= 4 is 7.82 Å². The molecule has 0 heterocycles. The van der Waals surface area contributed by atoms with Crippen LogP contribution < -0.4 is 4.74 Å². The summed E-state index contributed by atoms with van der Waals surface area (Å²) in [4.78, 5) is 17.9. The van der Waals surface area contributed by atoms with Crippen LogP contribution in [0.25, 0.3) is 0 Å². The summed E-state index contributed by atoms with van der Waals surface area (Å²) in [6, 6.07) is 3.62. The normalized spacial score (nSPS) is 19.7. The predicted molar refractivity (Wildman–Crippen MR) is 114 cm³/mol. The molecule has 3 N–H and O–H groups in total. The molecule has 0 amide bonds. The molecule has 0 aromatic heterocycles. The Morgan fingerprint density at radius 3 is 2.66 bits per heavy atom. The smallest absolute Gasteiger partial charge is 0.472 e. The second-order valence-corrected chi connectivity index (χ2v) is 9.14. The summed E-state index contributed by atoms with van der Waals surface area (Å²) in [5, 5.41) is 10.9. The first-order valence-corrected chi connectivity index (χ1v) is 11.7. The highest BCUT2D eigenvalue weighted by Gasteiger charge is 2.31. The molecule has 1 aromatic rings. The number of hydrogen-bond acceptors (Lipinski definition) is 4. The largest absolute Gasteiger partial charge is 0.507 e. The van der Waals surface area contributed by atoms with Gasteiger partial charge in [0.05, 0.1) is 0 Å². The van der Waals surface area contributed by atoms with Crippen LogP contribution in [0.5, 0.6) is 11.5 Å². The van der Waals surface area contributed by atoms with E-state index in [0.29, 0.717) is 11.3 Å². The van der Waals surface area contributed by atoms with E-state index in [-0.39, 0.29) is 17.6 Å². The average Bonchev–Trinajstić information content (AvgIpc) is 2.60. The van der Waals surface area contributed by atoms with Gasteiger partial charge in [0.15, 0.2) is 6.79 Å². The van der Waals surface area contributed by atoms with Crippen molar-refractivity contribution in [3.8, 4) is 11.5 Å². The zero-order valence-electron chi connectivity index (χ0n) is 17.6. The molecule has 0 fully saturated rings. The second kappa shape index (κ2) is 10.4. The monoisotopic (exact) mass is 424 g/mol. The van der Waals surface area contributed by atoms with E-state index in [9.17, 15) is 9.67 Å². The molecule has 0 saturated heterocycles. The van der Waals surface area contributed by atoms with Crippen LogP contribution >= 0.6 is 7.82 Å². The van der Waals surface area contributed by atoms with Gasteiger partial charge in [-0.3, -0.25) is 0 Å². The minimum absolute atomic E-state index is 0.115. The van der Waals surface area contributed by atoms with Crippen LogP contribution in [0.15, 0.2) is 35.9 Å². The maximum Gasteiger partial charge on any atom is 0.472 e. The van der Waals surface area contributed by atoms with Gasteiger partial charge in [-0.1, -0.05) is 43.6 Å². The van der Waals surface area contributed by atoms with Crippen molar-refractivity contribution in [2.45, 2.75) is 65.2 Å². The fourth-order valence-corrected chi connectivity index (χ4v) is 4.10. The van der Waals surface area contributed by atoms with E-state index >= 15 is 0 Å². The number of hydrogen-bond donors (Lipinski definition) is 3. The van der Waals surface area contributed by atoms with E-state index in [4.69, 9.17) is 14.5 Å². The first kappa shape index (κ1) is 23.7. The van der Waals surface area contributed by atoms with E-state index in [1.54, 1.807) is 6.07 Å². The van der Waals surface area contributed by atoms with E-state index < -0.39 is 14.6 Å². The summed E-state index contributed by atoms with van der Waals surface area (Å²) in [7, 11) is -4.65. The van der Waals surface area contributed by atoms with Gasteiger partial charge in [-0.15, -0.1) is 0 Å². The summed E-state index contributed by atoms with van der Waals surface area (Å²) < 4.78 is 21.1. The van der Waals surface area contributed by atoms with Gasteiger partial charge >= 0.3 is 7.82 Å². The Morgan fingerprint density at radius 1 is 1.31 bits per heavy atom. The van der Waals surface area contributed by atoms with Gasteiger partial charge < -0.3 is 19.6 Å². The number of aromatic hydroxyl groups is 1. The van der Waals surface area contributed by atoms with Crippen molar-refractivity contribution in [2.75, 3.05) is 6.79 Å². The van der Waals surface area contributed by atoms with E-state index in [1.807, 2.05) is 13.0 Å². The lowest BCUT2D eigenvalue weighted by atomic mass is 9.73. The molecule has 29 heavy (non-hydrogen) atoms. The summed E-state index contributed by atoms with van der Waals surface area (Å²) in [6.07, 6.45) is 7.99. The predicted octanol–water partition coefficient (Wildman–Crippen LogP) is 5.59. The van der Waals surface area contributed by atoms with Crippen molar-refractivity contribution in [1.29, 1.82) is 0 Å². The molecular formula is C22H33O6P. The van der Waals surface area contributed by atoms with E-state index in [0.717, 1.165) is 49.7 Å². The highest BCUT2D eigenvalue weighted by atomic mass is 31.2. The standard InChI is InChI=1S/C22H33O6P/c1-5-6-7-8-17-12-20(23)22(21(13-17)27-14-28-29(24,25)26)19-11-16(4)9-10-18(19)15(2)3/h11-13,18-19,23H,2,5-10,14H2,1,3-4H3,(H2,24,25,26)/t18-,19+/m0/s1. The zero-order chi connectivity index (χ0) is 21.6. The number of rotatable bonds is 10. The number of unbranched alkanes of at least 4 members (excludes halogenated alkanes) is 2. The van der Waals surface area contributed by atoms with Crippen LogP contribution in [0.3, 0.4) is 0 Å². The Bertz CT molecular complexity index is 795. The SMILES string of the molecule is C=C(C)[C@@H]1CCC(C)=C[C@H]1c1c(O)cc(CCCCC)cc1OCOP(=O)(O)O. The van der Waals surface area contributed by atoms with Gasteiger partial charge in [0.25, 0.3) is 0 Å². The topological polar surface area (TPSA) is 96.2 Å². The Labute approximate surface area is 173 Å². The lowest BCUT2D eigenvalue weighted by Crippen LogP contribution is -2.18. The molecule has 2 atom stereocenters. The zero-order valence-corrected chi connectivity index (χ0v) is 18.5. The van der Waals surface area contributed by atoms with Crippen molar-refractivity contribution < 1.29 is 28.7 Å². The molecule has 6 nitrogen and oxygen atoms in total. The Hall–Kier alpha value is -1.59. The van der Waals surface area contributed by atoms with Crippen molar-refractivity contribution in [2.24, 2.45) is 5.92 Å². The summed E-state index contributed by atoms with van der Waals surface area (Å²) in [6.45, 7) is 9.71. The van der Waals surface area contributed by atoms with Crippen LogP contribution in [-0.4, -0.2) is 21.7 Å². The highest BCUT2D eigenvalue weighted by Crippen LogP contribution is 2.47. The third kappa shape index (κ3) is 7.00. The van der Waals surface area contributed by atoms with Gasteiger partial charge in [0.2, 0.25) is 0 Å². The van der Waals surface area contributed by atoms with Gasteiger partial charge in [-0.2, -0.15) is 0 Å². The van der Waals surface area contributed by atoms with Crippen LogP contribution in [0.2, 0.25) is 0 Å². The van der Waals surface area contributed by atoms with E-state index in [1.165, 1.54) is 5.57 Å². The van der Waals surface area contributed by atoms with Gasteiger partial charge in [0.1, 0.15) is 11.5 Å². The molecule has 0 unspecified atom stereocenters. The molecule has 1 aliphatic rings. The first-order valence-electron chi connectivity index (χ1n) is 10.1. The number of aryl methyl sites for hydroxylation is 1. The molecule has 162 valence electrons. The lowest BCUT2D eigenvalue weighted by Gasteiger charge is -2.32. The molecule has 0 radical (unpaired) electrons. The van der Waals surface area contributed by atoms with Gasteiger partial charge in [0, 0.05) is 11.5 Å². The second-order valence-electron chi connectivity index (χ2n) is 7.90. The van der Waals surface area contributed by atoms with Crippen LogP contribution in [0.4, 0.5) is 0 Å². The number of phosphoric ester groups is 1. The molecule has 0 spiro atoms. The fourth-order valence-electron chi connectivity index (χ4n) is 3.91. The Kier molecular flexibility index (Phi) is 8.53. The van der Waals surface area contributed by atoms with Gasteiger partial charge in [-0.25, -0.2) is 9.09 Å². The molecule has 1 aliphatic carbocycles.